The summed E-state index contributed by atoms with van der Waals surface area (Å²) in [4.78, 5) is 32.9. The van der Waals surface area contributed by atoms with Gasteiger partial charge in [-0.25, -0.2) is 8.42 Å². The van der Waals surface area contributed by atoms with Gasteiger partial charge in [0.15, 0.2) is 0 Å². The van der Waals surface area contributed by atoms with Gasteiger partial charge in [-0.2, -0.15) is 0 Å². The first kappa shape index (κ1) is 36.6. The molecule has 0 spiro atoms. The predicted molar refractivity (Wildman–Crippen MR) is 217 cm³/mol. The number of carbonyl (C=O) groups is 2. The van der Waals surface area contributed by atoms with Crippen LogP contribution in [-0.4, -0.2) is 63.0 Å². The highest BCUT2D eigenvalue weighted by molar-refractivity contribution is 7.91. The summed E-state index contributed by atoms with van der Waals surface area (Å²) < 4.78 is 30.9. The van der Waals surface area contributed by atoms with E-state index in [9.17, 15) is 30.0 Å². The van der Waals surface area contributed by atoms with E-state index in [2.05, 4.69) is 42.0 Å². The van der Waals surface area contributed by atoms with E-state index in [1.807, 2.05) is 30.3 Å². The van der Waals surface area contributed by atoms with Gasteiger partial charge in [-0.1, -0.05) is 32.0 Å². The second-order valence-corrected chi connectivity index (χ2v) is 20.4. The van der Waals surface area contributed by atoms with Crippen LogP contribution < -0.4 is 0 Å². The molecule has 0 amide bonds. The van der Waals surface area contributed by atoms with Crippen molar-refractivity contribution in [1.29, 1.82) is 0 Å². The molecule has 10 rings (SSSR count). The van der Waals surface area contributed by atoms with E-state index in [-0.39, 0.29) is 15.7 Å². The summed E-state index contributed by atoms with van der Waals surface area (Å²) in [6.45, 7) is 7.51. The normalized spacial score (nSPS) is 32.5. The fourth-order valence-electron chi connectivity index (χ4n) is 12.7. The third-order valence-corrected chi connectivity index (χ3v) is 17.9. The summed E-state index contributed by atoms with van der Waals surface area (Å²) in [7, 11) is -4.20. The molecular weight excluding hydrogens is 741 g/mol. The Kier molecular flexibility index (Phi) is 7.52. The molecule has 0 unspecified atom stereocenters. The number of hydrogen-bond donors (Lipinski definition) is 6. The van der Waals surface area contributed by atoms with Crippen molar-refractivity contribution in [2.45, 2.75) is 112 Å². The van der Waals surface area contributed by atoms with Gasteiger partial charge in [-0.15, -0.1) is 0 Å². The van der Waals surface area contributed by atoms with Crippen LogP contribution >= 0.6 is 0 Å². The van der Waals surface area contributed by atoms with E-state index in [0.717, 1.165) is 54.8 Å². The van der Waals surface area contributed by atoms with E-state index < -0.39 is 61.6 Å². The molecule has 2 saturated carbocycles. The van der Waals surface area contributed by atoms with E-state index in [1.165, 1.54) is 0 Å². The molecule has 4 aliphatic rings. The van der Waals surface area contributed by atoms with E-state index in [4.69, 9.17) is 0 Å². The van der Waals surface area contributed by atoms with Gasteiger partial charge in [-0.3, -0.25) is 9.59 Å². The van der Waals surface area contributed by atoms with E-state index in [0.29, 0.717) is 62.4 Å². The Morgan fingerprint density at radius 3 is 1.89 bits per heavy atom. The number of aryl methyl sites for hydroxylation is 1. The average Bonchev–Trinajstić information content (AvgIpc) is 3.73. The summed E-state index contributed by atoms with van der Waals surface area (Å²) in [5, 5.41) is 46.3. The van der Waals surface area contributed by atoms with Gasteiger partial charge in [0.25, 0.3) is 0 Å². The minimum Gasteiger partial charge on any atom is -0.481 e. The van der Waals surface area contributed by atoms with Crippen LogP contribution in [0.25, 0.3) is 43.6 Å². The molecule has 6 N–H and O–H groups in total. The topological polar surface area (TPSA) is 181 Å². The zero-order valence-corrected chi connectivity index (χ0v) is 33.4. The largest absolute Gasteiger partial charge is 0.481 e. The summed E-state index contributed by atoms with van der Waals surface area (Å²) >= 11 is 0. The number of H-pyrrole nitrogens is 2. The number of aromatic amines is 2. The van der Waals surface area contributed by atoms with E-state index >= 15 is 8.42 Å². The fraction of sp³-hybridized carbons (Fsp3) is 0.435. The number of benzene rings is 4. The Hall–Kier alpha value is -4.71. The number of fused-ring (bicyclic) bond motifs is 12. The number of nitrogens with one attached hydrogen (secondary N) is 2. The lowest BCUT2D eigenvalue weighted by Gasteiger charge is -2.55. The maximum Gasteiger partial charge on any atom is 0.312 e. The second-order valence-electron chi connectivity index (χ2n) is 18.5. The van der Waals surface area contributed by atoms with Gasteiger partial charge in [0.1, 0.15) is 0 Å². The van der Waals surface area contributed by atoms with Crippen molar-refractivity contribution in [1.82, 2.24) is 9.97 Å². The number of carboxylic acids is 2. The SMILES string of the molecule is C[C@]1(C(=O)O)[C@H](O)CC[C@@]2(C)c3cc4c([nH]c5ccccc54)c(S(=O)(=O)c4ccc5[nH]c6cc7c(cc6c5c4)[C@]4(C)CC[C@H](O)[C@@](C)(C(=O)O)[C@@H]4CC7)c3CC[C@@H]12. The quantitative estimate of drug-likeness (QED) is 0.104. The molecule has 0 radical (unpaired) electrons. The van der Waals surface area contributed by atoms with Gasteiger partial charge >= 0.3 is 11.9 Å². The highest BCUT2D eigenvalue weighted by Crippen LogP contribution is 2.60. The minimum absolute atomic E-state index is 0.145. The first-order valence-corrected chi connectivity index (χ1v) is 21.7. The Morgan fingerprint density at radius 1 is 0.649 bits per heavy atom. The van der Waals surface area contributed by atoms with Crippen molar-refractivity contribution in [3.8, 4) is 0 Å². The van der Waals surface area contributed by atoms with Crippen molar-refractivity contribution in [3.63, 3.8) is 0 Å². The van der Waals surface area contributed by atoms with Gasteiger partial charge < -0.3 is 30.4 Å². The third-order valence-electron chi connectivity index (χ3n) is 16.0. The number of aliphatic hydroxyl groups excluding tert-OH is 2. The first-order chi connectivity index (χ1) is 27.0. The summed E-state index contributed by atoms with van der Waals surface area (Å²) in [6.07, 6.45) is 1.98. The Morgan fingerprint density at radius 2 is 1.23 bits per heavy atom. The first-order valence-electron chi connectivity index (χ1n) is 20.2. The molecular formula is C46H48N2O8S. The number of aromatic nitrogens is 2. The molecule has 2 heterocycles. The van der Waals surface area contributed by atoms with Crippen molar-refractivity contribution in [2.24, 2.45) is 22.7 Å². The molecule has 4 aromatic carbocycles. The average molecular weight is 789 g/mol. The van der Waals surface area contributed by atoms with Crippen LogP contribution in [0.15, 0.2) is 70.5 Å². The second kappa shape index (κ2) is 11.7. The van der Waals surface area contributed by atoms with Crippen LogP contribution in [0.4, 0.5) is 0 Å². The smallest absolute Gasteiger partial charge is 0.312 e. The van der Waals surface area contributed by atoms with E-state index in [1.54, 1.807) is 26.0 Å². The number of carboxylic acid groups (broad SMARTS) is 2. The monoisotopic (exact) mass is 788 g/mol. The number of aliphatic hydroxyl groups is 2. The zero-order valence-electron chi connectivity index (χ0n) is 32.6. The number of para-hydroxylation sites is 1. The molecule has 0 saturated heterocycles. The van der Waals surface area contributed by atoms with Crippen LogP contribution in [0.2, 0.25) is 0 Å². The highest BCUT2D eigenvalue weighted by Gasteiger charge is 2.61. The molecule has 0 aliphatic heterocycles. The maximum absolute atomic E-state index is 15.4. The van der Waals surface area contributed by atoms with Crippen LogP contribution in [0.1, 0.15) is 88.5 Å². The molecule has 11 heteroatoms. The Bertz CT molecular complexity index is 2880. The van der Waals surface area contributed by atoms with Crippen LogP contribution in [0.3, 0.4) is 0 Å². The molecule has 296 valence electrons. The molecule has 4 aliphatic carbocycles. The van der Waals surface area contributed by atoms with Crippen molar-refractivity contribution < 1.29 is 38.4 Å². The summed E-state index contributed by atoms with van der Waals surface area (Å²) in [5.41, 5.74) is 2.87. The highest BCUT2D eigenvalue weighted by atomic mass is 32.2. The zero-order chi connectivity index (χ0) is 40.2. The number of sulfone groups is 1. The number of aliphatic carboxylic acids is 2. The lowest BCUT2D eigenvalue weighted by molar-refractivity contribution is -0.172. The molecule has 10 nitrogen and oxygen atoms in total. The number of hydrogen-bond acceptors (Lipinski definition) is 6. The molecule has 8 atom stereocenters. The van der Waals surface area contributed by atoms with Gasteiger partial charge in [-0.05, 0) is 153 Å². The lowest BCUT2D eigenvalue weighted by atomic mass is 9.49. The number of rotatable bonds is 4. The molecule has 2 fully saturated rings. The van der Waals surface area contributed by atoms with Crippen LogP contribution in [-0.2, 0) is 43.1 Å². The fourth-order valence-corrected chi connectivity index (χ4v) is 14.4. The third kappa shape index (κ3) is 4.56. The molecule has 6 aromatic rings. The maximum atomic E-state index is 15.4. The summed E-state index contributed by atoms with van der Waals surface area (Å²) in [6, 6.07) is 19.3. The van der Waals surface area contributed by atoms with Crippen molar-refractivity contribution in [3.05, 3.63) is 82.9 Å². The van der Waals surface area contributed by atoms with Crippen molar-refractivity contribution >= 4 is 65.4 Å². The van der Waals surface area contributed by atoms with Crippen LogP contribution in [0.5, 0.6) is 0 Å². The minimum atomic E-state index is -4.20. The molecule has 2 aromatic heterocycles. The van der Waals surface area contributed by atoms with Crippen LogP contribution in [0, 0.1) is 22.7 Å². The Balaban J connectivity index is 1.17. The van der Waals surface area contributed by atoms with Crippen molar-refractivity contribution in [2.75, 3.05) is 0 Å². The van der Waals surface area contributed by atoms with Gasteiger partial charge in [0, 0.05) is 38.1 Å². The molecule has 57 heavy (non-hydrogen) atoms. The van der Waals surface area contributed by atoms with Gasteiger partial charge in [0.2, 0.25) is 9.84 Å². The summed E-state index contributed by atoms with van der Waals surface area (Å²) in [5.74, 6) is -2.70. The van der Waals surface area contributed by atoms with Gasteiger partial charge in [0.05, 0.1) is 38.3 Å². The Labute approximate surface area is 330 Å². The predicted octanol–water partition coefficient (Wildman–Crippen LogP) is 7.92. The molecule has 0 bridgehead atoms. The lowest BCUT2D eigenvalue weighted by Crippen LogP contribution is -2.58. The standard InChI is InChI=1S/C46H48N2O8S/c1-43-17-15-37(49)45(3,41(51)52)35(43)13-9-23-19-34-28(21-30(23)43)27-20-24(10-12-33(27)47-34)57(55,56)40-26-11-14-36-44(2,18-16-38(50)46(36,4)42(53)54)31(26)22-29-25-7-5-6-8-32(25)48-39(29)40/h5-8,10,12,19-22,35-38,47-50H,9,11,13-18H2,1-4H3,(H,51,52)(H,53,54)/t35-,36-,37+,38-,43+,44+,45+,46-/m1/s1.